The normalized spacial score (nSPS) is 19.9. The Labute approximate surface area is 197 Å². The second-order valence-electron chi connectivity index (χ2n) is 7.36. The lowest BCUT2D eigenvalue weighted by molar-refractivity contribution is -0.120. The molecule has 164 valence electrons. The first-order chi connectivity index (χ1) is 13.5. The van der Waals surface area contributed by atoms with Crippen molar-refractivity contribution in [1.29, 1.82) is 0 Å². The summed E-state index contributed by atoms with van der Waals surface area (Å²) in [6.07, 6.45) is 3.73. The number of halogens is 2. The van der Waals surface area contributed by atoms with Crippen LogP contribution in [0, 0.1) is 5.92 Å². The molecule has 6 nitrogen and oxygen atoms in total. The van der Waals surface area contributed by atoms with Gasteiger partial charge in [-0.3, -0.25) is 14.7 Å². The molecule has 2 atom stereocenters. The number of likely N-dealkylation sites (tertiary alicyclic amines) is 1. The molecule has 29 heavy (non-hydrogen) atoms. The lowest BCUT2D eigenvalue weighted by Gasteiger charge is -2.40. The highest BCUT2D eigenvalue weighted by Gasteiger charge is 2.30. The van der Waals surface area contributed by atoms with E-state index >= 15 is 0 Å². The highest BCUT2D eigenvalue weighted by Crippen LogP contribution is 2.35. The Hall–Kier alpha value is -1.06. The first kappa shape index (κ1) is 26.0. The molecule has 2 rings (SSSR count). The van der Waals surface area contributed by atoms with Gasteiger partial charge in [-0.25, -0.2) is 0 Å². The monoisotopic (exact) mass is 535 g/mol. The summed E-state index contributed by atoms with van der Waals surface area (Å²) < 4.78 is 0. The Bertz CT molecular complexity index is 658. The molecule has 2 unspecified atom stereocenters. The molecule has 8 heteroatoms. The third-order valence-corrected chi connectivity index (χ3v) is 5.40. The number of carbonyl (C=O) groups excluding carboxylic acids is 1. The van der Waals surface area contributed by atoms with Gasteiger partial charge in [0.1, 0.15) is 0 Å². The van der Waals surface area contributed by atoms with Gasteiger partial charge in [0.2, 0.25) is 5.91 Å². The minimum Gasteiger partial charge on any atom is -0.356 e. The third kappa shape index (κ3) is 8.68. The first-order valence-corrected chi connectivity index (χ1v) is 10.6. The highest BCUT2D eigenvalue weighted by molar-refractivity contribution is 14.0. The maximum absolute atomic E-state index is 11.7. The van der Waals surface area contributed by atoms with Crippen LogP contribution in [0.15, 0.2) is 29.3 Å². The maximum atomic E-state index is 11.7. The van der Waals surface area contributed by atoms with Crippen LogP contribution in [0.25, 0.3) is 0 Å². The van der Waals surface area contributed by atoms with Crippen LogP contribution < -0.4 is 16.0 Å². The topological polar surface area (TPSA) is 68.8 Å². The summed E-state index contributed by atoms with van der Waals surface area (Å²) in [5, 5.41) is 10.3. The smallest absolute Gasteiger partial charge is 0.221 e. The number of nitrogens with zero attached hydrogens (tertiary/aromatic N) is 2. The zero-order valence-corrected chi connectivity index (χ0v) is 20.8. The molecule has 0 saturated carbocycles. The van der Waals surface area contributed by atoms with Gasteiger partial charge in [0.15, 0.2) is 5.96 Å². The summed E-state index contributed by atoms with van der Waals surface area (Å²) in [5.74, 6) is 1.27. The van der Waals surface area contributed by atoms with Gasteiger partial charge >= 0.3 is 0 Å². The van der Waals surface area contributed by atoms with E-state index in [1.807, 2.05) is 19.1 Å². The van der Waals surface area contributed by atoms with Crippen molar-refractivity contribution in [2.24, 2.45) is 10.9 Å². The van der Waals surface area contributed by atoms with Gasteiger partial charge in [0.25, 0.3) is 0 Å². The fourth-order valence-corrected chi connectivity index (χ4v) is 3.98. The molecule has 1 fully saturated rings. The second-order valence-corrected chi connectivity index (χ2v) is 7.80. The molecule has 0 aromatic heterocycles. The zero-order chi connectivity index (χ0) is 20.4. The first-order valence-electron chi connectivity index (χ1n) is 10.2. The Morgan fingerprint density at radius 2 is 2.07 bits per heavy atom. The van der Waals surface area contributed by atoms with Gasteiger partial charge in [0, 0.05) is 44.2 Å². The Balaban J connectivity index is 0.00000420. The van der Waals surface area contributed by atoms with Crippen LogP contribution >= 0.6 is 35.6 Å². The van der Waals surface area contributed by atoms with E-state index in [1.54, 1.807) is 7.05 Å². The number of hydrogen-bond acceptors (Lipinski definition) is 3. The van der Waals surface area contributed by atoms with Gasteiger partial charge in [-0.1, -0.05) is 30.7 Å². The lowest BCUT2D eigenvalue weighted by atomic mass is 9.85. The minimum absolute atomic E-state index is 0. The average Bonchev–Trinajstić information content (AvgIpc) is 2.69. The van der Waals surface area contributed by atoms with Gasteiger partial charge < -0.3 is 16.0 Å². The Kier molecular flexibility index (Phi) is 12.6. The number of piperidine rings is 1. The number of benzene rings is 1. The quantitative estimate of drug-likeness (QED) is 0.271. The summed E-state index contributed by atoms with van der Waals surface area (Å²) in [6.45, 7) is 5.25. The number of amides is 1. The number of aliphatic imine (C=N–C) groups is 1. The van der Waals surface area contributed by atoms with E-state index in [4.69, 9.17) is 11.6 Å². The summed E-state index contributed by atoms with van der Waals surface area (Å²) in [4.78, 5) is 18.4. The third-order valence-electron chi connectivity index (χ3n) is 5.17. The van der Waals surface area contributed by atoms with Crippen molar-refractivity contribution in [3.05, 3.63) is 34.9 Å². The predicted molar refractivity (Wildman–Crippen MR) is 132 cm³/mol. The molecule has 1 amide bonds. The summed E-state index contributed by atoms with van der Waals surface area (Å²) in [6, 6.07) is 8.51. The van der Waals surface area contributed by atoms with E-state index in [2.05, 4.69) is 45.0 Å². The fraction of sp³-hybridized carbons (Fsp3) is 0.619. The molecular weight excluding hydrogens is 501 g/mol. The van der Waals surface area contributed by atoms with E-state index in [-0.39, 0.29) is 29.9 Å². The fourth-order valence-electron chi connectivity index (χ4n) is 3.79. The molecule has 1 aromatic rings. The van der Waals surface area contributed by atoms with Crippen molar-refractivity contribution >= 4 is 47.4 Å². The number of guanidine groups is 1. The van der Waals surface area contributed by atoms with Crippen molar-refractivity contribution < 1.29 is 4.79 Å². The molecule has 0 bridgehead atoms. The predicted octanol–water partition coefficient (Wildman–Crippen LogP) is 3.42. The number of hydrogen-bond donors (Lipinski definition) is 3. The van der Waals surface area contributed by atoms with Crippen molar-refractivity contribution in [1.82, 2.24) is 20.9 Å². The van der Waals surface area contributed by atoms with Crippen LogP contribution in [0.2, 0.25) is 5.02 Å². The minimum atomic E-state index is 0. The van der Waals surface area contributed by atoms with Crippen LogP contribution in [0.4, 0.5) is 0 Å². The number of nitrogens with one attached hydrogen (secondary N) is 3. The van der Waals surface area contributed by atoms with E-state index in [0.717, 1.165) is 43.5 Å². The molecule has 1 aliphatic rings. The van der Waals surface area contributed by atoms with Gasteiger partial charge in [-0.2, -0.15) is 0 Å². The van der Waals surface area contributed by atoms with Crippen molar-refractivity contribution in [2.45, 2.75) is 38.6 Å². The Morgan fingerprint density at radius 1 is 1.28 bits per heavy atom. The van der Waals surface area contributed by atoms with Crippen LogP contribution in [-0.4, -0.2) is 57.0 Å². The van der Waals surface area contributed by atoms with Crippen molar-refractivity contribution in [2.75, 3.05) is 40.3 Å². The summed E-state index contributed by atoms with van der Waals surface area (Å²) >= 11 is 6.23. The molecular formula is C21H35ClIN5O. The molecule has 1 heterocycles. The SMILES string of the molecule is CCCNC(=O)CCNC(=NC)NCC1CCCN(C)C1c1cccc(Cl)c1.I. The van der Waals surface area contributed by atoms with Crippen LogP contribution in [0.3, 0.4) is 0 Å². The van der Waals surface area contributed by atoms with E-state index in [1.165, 1.54) is 12.0 Å². The van der Waals surface area contributed by atoms with Crippen LogP contribution in [-0.2, 0) is 4.79 Å². The molecule has 0 aliphatic carbocycles. The molecule has 1 aliphatic heterocycles. The molecule has 1 saturated heterocycles. The van der Waals surface area contributed by atoms with E-state index in [9.17, 15) is 4.79 Å². The standard InChI is InChI=1S/C21H34ClN5O.HI/c1-4-11-24-19(28)10-12-25-21(23-2)26-15-17-8-6-13-27(3)20(17)16-7-5-9-18(22)14-16;/h5,7,9,14,17,20H,4,6,8,10-13,15H2,1-3H3,(H,24,28)(H2,23,25,26);1H. The van der Waals surface area contributed by atoms with Gasteiger partial charge in [0.05, 0.1) is 0 Å². The van der Waals surface area contributed by atoms with Crippen molar-refractivity contribution in [3.63, 3.8) is 0 Å². The number of rotatable bonds is 8. The lowest BCUT2D eigenvalue weighted by Crippen LogP contribution is -2.45. The maximum Gasteiger partial charge on any atom is 0.221 e. The molecule has 0 radical (unpaired) electrons. The molecule has 3 N–H and O–H groups in total. The highest BCUT2D eigenvalue weighted by atomic mass is 127. The van der Waals surface area contributed by atoms with E-state index in [0.29, 0.717) is 24.9 Å². The zero-order valence-electron chi connectivity index (χ0n) is 17.7. The van der Waals surface area contributed by atoms with E-state index < -0.39 is 0 Å². The number of carbonyl (C=O) groups is 1. The second kappa shape index (κ2) is 14.0. The van der Waals surface area contributed by atoms with Crippen molar-refractivity contribution in [3.8, 4) is 0 Å². The molecule has 0 spiro atoms. The largest absolute Gasteiger partial charge is 0.356 e. The molecule has 1 aromatic carbocycles. The summed E-state index contributed by atoms with van der Waals surface area (Å²) in [5.41, 5.74) is 1.26. The average molecular weight is 536 g/mol. The Morgan fingerprint density at radius 3 is 2.76 bits per heavy atom. The van der Waals surface area contributed by atoms with Gasteiger partial charge in [-0.05, 0) is 56.5 Å². The summed E-state index contributed by atoms with van der Waals surface area (Å²) in [7, 11) is 3.94. The van der Waals surface area contributed by atoms with Gasteiger partial charge in [-0.15, -0.1) is 24.0 Å². The van der Waals surface area contributed by atoms with Crippen LogP contribution in [0.1, 0.15) is 44.2 Å². The van der Waals surface area contributed by atoms with Crippen LogP contribution in [0.5, 0.6) is 0 Å².